The lowest BCUT2D eigenvalue weighted by Crippen LogP contribution is -2.48. The fraction of sp³-hybridized carbons (Fsp3) is 0.250. The van der Waals surface area contributed by atoms with E-state index in [1.165, 1.54) is 18.7 Å². The topological polar surface area (TPSA) is 113 Å². The molecule has 0 saturated heterocycles. The predicted octanol–water partition coefficient (Wildman–Crippen LogP) is 1.16. The number of nitrogens with zero attached hydrogens (tertiary/aromatic N) is 2. The summed E-state index contributed by atoms with van der Waals surface area (Å²) in [6.07, 6.45) is 4.85. The van der Waals surface area contributed by atoms with Crippen LogP contribution < -0.4 is 20.8 Å². The average Bonchev–Trinajstić information content (AvgIpc) is 3.60. The molecule has 33 heavy (non-hydrogen) atoms. The lowest BCUT2D eigenvalue weighted by molar-refractivity contribution is -0.124. The van der Waals surface area contributed by atoms with E-state index < -0.39 is 11.6 Å². The summed E-state index contributed by atoms with van der Waals surface area (Å²) in [5.74, 6) is 0.827. The van der Waals surface area contributed by atoms with Crippen LogP contribution in [0, 0.1) is 0 Å². The number of ether oxygens (including phenoxy) is 1. The molecule has 0 spiro atoms. The normalized spacial score (nSPS) is 14.7. The van der Waals surface area contributed by atoms with Crippen LogP contribution in [0.4, 0.5) is 0 Å². The van der Waals surface area contributed by atoms with Crippen molar-refractivity contribution in [2.24, 2.45) is 0 Å². The first kappa shape index (κ1) is 22.5. The molecule has 3 N–H and O–H groups in total. The molecule has 1 saturated carbocycles. The Morgan fingerprint density at radius 3 is 2.45 bits per heavy atom. The Kier molecular flexibility index (Phi) is 6.41. The zero-order chi connectivity index (χ0) is 23.4. The number of rotatable bonds is 8. The first-order valence-electron chi connectivity index (χ1n) is 10.8. The van der Waals surface area contributed by atoms with E-state index in [0.29, 0.717) is 30.7 Å². The van der Waals surface area contributed by atoms with Gasteiger partial charge >= 0.3 is 0 Å². The number of aliphatic hydroxyl groups excluding tert-OH is 1. The van der Waals surface area contributed by atoms with Crippen LogP contribution in [0.3, 0.4) is 0 Å². The van der Waals surface area contributed by atoms with Gasteiger partial charge in [0.15, 0.2) is 0 Å². The molecule has 1 aliphatic carbocycles. The molecule has 4 rings (SSSR count). The third-order valence-electron chi connectivity index (χ3n) is 5.65. The predicted molar refractivity (Wildman–Crippen MR) is 125 cm³/mol. The summed E-state index contributed by atoms with van der Waals surface area (Å²) in [6.45, 7) is 2.07. The van der Waals surface area contributed by atoms with Crippen molar-refractivity contribution in [3.63, 3.8) is 0 Å². The Hall–Kier alpha value is -3.72. The van der Waals surface area contributed by atoms with E-state index in [1.54, 1.807) is 6.92 Å². The average molecular weight is 444 g/mol. The Bertz CT molecular complexity index is 1150. The summed E-state index contributed by atoms with van der Waals surface area (Å²) in [5.41, 5.74) is 2.14. The van der Waals surface area contributed by atoms with Gasteiger partial charge in [0.1, 0.15) is 31.2 Å². The number of aliphatic hydroxyl groups is 1. The zero-order valence-corrected chi connectivity index (χ0v) is 18.5. The van der Waals surface area contributed by atoms with Gasteiger partial charge in [-0.05, 0) is 54.6 Å². The number of hydrogen-bond donors (Lipinski definition) is 3. The van der Waals surface area contributed by atoms with Crippen molar-refractivity contribution in [2.75, 3.05) is 0 Å². The van der Waals surface area contributed by atoms with Gasteiger partial charge in [-0.2, -0.15) is 0 Å². The lowest BCUT2D eigenvalue weighted by Gasteiger charge is -2.17. The van der Waals surface area contributed by atoms with Crippen LogP contribution in [0.5, 0.6) is 11.5 Å². The van der Waals surface area contributed by atoms with E-state index in [2.05, 4.69) is 20.6 Å². The third kappa shape index (κ3) is 5.38. The first-order valence-corrected chi connectivity index (χ1v) is 10.8. The highest BCUT2D eigenvalue weighted by Gasteiger charge is 2.51. The molecule has 1 aliphatic rings. The molecule has 1 heterocycles. The lowest BCUT2D eigenvalue weighted by atomic mass is 9.92. The fourth-order valence-electron chi connectivity index (χ4n) is 3.44. The Morgan fingerprint density at radius 1 is 1.15 bits per heavy atom. The quantitative estimate of drug-likeness (QED) is 0.450. The molecule has 2 amide bonds. The van der Waals surface area contributed by atoms with Crippen LogP contribution in [0.15, 0.2) is 61.2 Å². The van der Waals surface area contributed by atoms with Gasteiger partial charge in [0.25, 0.3) is 5.91 Å². The van der Waals surface area contributed by atoms with Gasteiger partial charge in [0.2, 0.25) is 5.91 Å². The van der Waals surface area contributed by atoms with Gasteiger partial charge in [-0.15, -0.1) is 0 Å². The van der Waals surface area contributed by atoms with E-state index in [4.69, 9.17) is 4.74 Å². The van der Waals surface area contributed by atoms with Gasteiger partial charge in [-0.25, -0.2) is 9.97 Å². The molecule has 0 aliphatic heterocycles. The smallest absolute Gasteiger partial charge is 0.255 e. The molecule has 8 nitrogen and oxygen atoms in total. The van der Waals surface area contributed by atoms with Gasteiger partial charge < -0.3 is 20.5 Å². The summed E-state index contributed by atoms with van der Waals surface area (Å²) in [7, 11) is 1.93. The maximum absolute atomic E-state index is 12.7. The molecule has 1 atom stereocenters. The van der Waals surface area contributed by atoms with Crippen LogP contribution in [0.1, 0.15) is 47.4 Å². The second kappa shape index (κ2) is 9.42. The summed E-state index contributed by atoms with van der Waals surface area (Å²) < 4.78 is 5.95. The SMILES string of the molecule is Bc1cc(C(C)O)ccc1Oc1ccc(CNC(=O)C2(NC(=O)c3cncnc3)CC2)cc1. The van der Waals surface area contributed by atoms with E-state index in [9.17, 15) is 14.7 Å². The van der Waals surface area contributed by atoms with Crippen molar-refractivity contribution < 1.29 is 19.4 Å². The highest BCUT2D eigenvalue weighted by molar-refractivity contribution is 6.34. The molecule has 1 fully saturated rings. The Morgan fingerprint density at radius 2 is 1.85 bits per heavy atom. The van der Waals surface area contributed by atoms with E-state index in [1.807, 2.05) is 50.3 Å². The van der Waals surface area contributed by atoms with Crippen LogP contribution in [0.2, 0.25) is 0 Å². The van der Waals surface area contributed by atoms with Crippen LogP contribution in [-0.4, -0.2) is 40.3 Å². The maximum atomic E-state index is 12.7. The minimum absolute atomic E-state index is 0.207. The highest BCUT2D eigenvalue weighted by Crippen LogP contribution is 2.36. The minimum atomic E-state index is -0.869. The monoisotopic (exact) mass is 444 g/mol. The van der Waals surface area contributed by atoms with Crippen molar-refractivity contribution in [2.45, 2.75) is 38.0 Å². The van der Waals surface area contributed by atoms with Crippen molar-refractivity contribution >= 4 is 25.1 Å². The van der Waals surface area contributed by atoms with Crippen LogP contribution >= 0.6 is 0 Å². The number of aromatic nitrogens is 2. The van der Waals surface area contributed by atoms with Gasteiger partial charge in [0, 0.05) is 18.9 Å². The maximum Gasteiger partial charge on any atom is 0.255 e. The molecule has 9 heteroatoms. The summed E-state index contributed by atoms with van der Waals surface area (Å²) >= 11 is 0. The number of nitrogens with one attached hydrogen (secondary N) is 2. The molecule has 3 aromatic rings. The second-order valence-electron chi connectivity index (χ2n) is 8.29. The Labute approximate surface area is 192 Å². The molecule has 2 aromatic carbocycles. The molecule has 0 radical (unpaired) electrons. The summed E-state index contributed by atoms with van der Waals surface area (Å²) in [6, 6.07) is 13.0. The number of benzene rings is 2. The standard InChI is InChI=1S/C24H25BN4O4/c1-15(30)17-4-7-21(20(25)10-17)33-19-5-2-16(3-6-19)11-28-23(32)24(8-9-24)29-22(31)18-12-26-14-27-13-18/h2-7,10,12-15,30H,8-9,11,25H2,1H3,(H,28,32)(H,29,31). The number of hydrogen-bond acceptors (Lipinski definition) is 6. The second-order valence-corrected chi connectivity index (χ2v) is 8.29. The fourth-order valence-corrected chi connectivity index (χ4v) is 3.44. The number of carbonyl (C=O) groups is 2. The van der Waals surface area contributed by atoms with E-state index in [-0.39, 0.29) is 11.8 Å². The van der Waals surface area contributed by atoms with Gasteiger partial charge in [-0.1, -0.05) is 24.3 Å². The molecule has 168 valence electrons. The van der Waals surface area contributed by atoms with E-state index in [0.717, 1.165) is 22.3 Å². The van der Waals surface area contributed by atoms with Gasteiger partial charge in [0.05, 0.1) is 11.7 Å². The van der Waals surface area contributed by atoms with Crippen molar-refractivity contribution in [3.8, 4) is 11.5 Å². The number of amides is 2. The largest absolute Gasteiger partial charge is 0.458 e. The minimum Gasteiger partial charge on any atom is -0.458 e. The number of carbonyl (C=O) groups excluding carboxylic acids is 2. The Balaban J connectivity index is 1.31. The first-order chi connectivity index (χ1) is 15.9. The van der Waals surface area contributed by atoms with Crippen LogP contribution in [0.25, 0.3) is 0 Å². The van der Waals surface area contributed by atoms with Crippen LogP contribution in [-0.2, 0) is 11.3 Å². The molecule has 0 bridgehead atoms. The third-order valence-corrected chi connectivity index (χ3v) is 5.65. The molecular weight excluding hydrogens is 419 g/mol. The van der Waals surface area contributed by atoms with Crippen molar-refractivity contribution in [3.05, 3.63) is 77.9 Å². The van der Waals surface area contributed by atoms with Gasteiger partial charge in [-0.3, -0.25) is 9.59 Å². The molecule has 1 aromatic heterocycles. The summed E-state index contributed by atoms with van der Waals surface area (Å²) in [4.78, 5) is 32.7. The molecular formula is C24H25BN4O4. The zero-order valence-electron chi connectivity index (χ0n) is 18.5. The van der Waals surface area contributed by atoms with Crippen molar-refractivity contribution in [1.29, 1.82) is 0 Å². The summed E-state index contributed by atoms with van der Waals surface area (Å²) in [5, 5.41) is 15.4. The van der Waals surface area contributed by atoms with E-state index >= 15 is 0 Å². The van der Waals surface area contributed by atoms with Crippen molar-refractivity contribution in [1.82, 2.24) is 20.6 Å². The molecule has 1 unspecified atom stereocenters. The highest BCUT2D eigenvalue weighted by atomic mass is 16.5.